The van der Waals surface area contributed by atoms with Crippen molar-refractivity contribution >= 4 is 16.5 Å². The van der Waals surface area contributed by atoms with Crippen LogP contribution in [0.5, 0.6) is 5.88 Å². The number of fused-ring (bicyclic) bond motifs is 2. The highest BCUT2D eigenvalue weighted by molar-refractivity contribution is 5.87. The largest absolute Gasteiger partial charge is 0.420 e. The Balaban J connectivity index is 1.70. The van der Waals surface area contributed by atoms with Crippen LogP contribution in [-0.2, 0) is 0 Å². The molecule has 1 aromatic heterocycles. The standard InChI is InChI=1S/C23H15N5O3/c24-12-18-19(14-7-9-17(10-8-14)28(29)30)20-21(26-27-23(20)31-22(18)25)16-6-5-13-3-1-2-4-15(13)11-16/h1-11,19H,25H2,(H,26,27)/t19-/m1/s1. The second kappa shape index (κ2) is 7.00. The Morgan fingerprint density at radius 1 is 1.10 bits per heavy atom. The summed E-state index contributed by atoms with van der Waals surface area (Å²) in [6.45, 7) is 0. The maximum Gasteiger partial charge on any atom is 0.269 e. The van der Waals surface area contributed by atoms with Gasteiger partial charge in [0.25, 0.3) is 5.69 Å². The molecule has 0 bridgehead atoms. The Bertz CT molecular complexity index is 1410. The van der Waals surface area contributed by atoms with E-state index in [0.29, 0.717) is 16.8 Å². The van der Waals surface area contributed by atoms with Crippen LogP contribution in [-0.4, -0.2) is 15.1 Å². The lowest BCUT2D eigenvalue weighted by molar-refractivity contribution is -0.384. The Morgan fingerprint density at radius 3 is 2.55 bits per heavy atom. The summed E-state index contributed by atoms with van der Waals surface area (Å²) in [4.78, 5) is 10.6. The van der Waals surface area contributed by atoms with Crippen molar-refractivity contribution in [2.75, 3.05) is 0 Å². The lowest BCUT2D eigenvalue weighted by Gasteiger charge is -2.24. The molecule has 3 N–H and O–H groups in total. The molecule has 0 unspecified atom stereocenters. The lowest BCUT2D eigenvalue weighted by atomic mass is 9.83. The number of H-pyrrole nitrogens is 1. The number of aromatic nitrogens is 2. The van der Waals surface area contributed by atoms with Crippen LogP contribution in [0.15, 0.2) is 78.2 Å². The topological polar surface area (TPSA) is 131 Å². The SMILES string of the molecule is N#CC1=C(N)Oc2n[nH]c(-c3ccc4ccccc4c3)c2[C@@H]1c1ccc([N+](=O)[O-])cc1. The minimum absolute atomic E-state index is 0.0325. The number of hydrogen-bond acceptors (Lipinski definition) is 6. The van der Waals surface area contributed by atoms with Crippen molar-refractivity contribution in [3.05, 3.63) is 99.4 Å². The number of nitrogens with two attached hydrogens (primary N) is 1. The number of nitrogens with zero attached hydrogens (tertiary/aromatic N) is 3. The van der Waals surface area contributed by atoms with E-state index in [9.17, 15) is 15.4 Å². The number of benzene rings is 3. The molecule has 31 heavy (non-hydrogen) atoms. The van der Waals surface area contributed by atoms with E-state index in [4.69, 9.17) is 10.5 Å². The highest BCUT2D eigenvalue weighted by Gasteiger charge is 2.35. The van der Waals surface area contributed by atoms with Crippen LogP contribution in [0.25, 0.3) is 22.0 Å². The van der Waals surface area contributed by atoms with E-state index in [0.717, 1.165) is 16.3 Å². The lowest BCUT2D eigenvalue weighted by Crippen LogP contribution is -2.21. The first-order chi connectivity index (χ1) is 15.1. The van der Waals surface area contributed by atoms with Crippen molar-refractivity contribution in [1.82, 2.24) is 10.2 Å². The third kappa shape index (κ3) is 2.96. The predicted octanol–water partition coefficient (Wildman–Crippen LogP) is 4.36. The second-order valence-electron chi connectivity index (χ2n) is 7.15. The highest BCUT2D eigenvalue weighted by Crippen LogP contribution is 2.46. The van der Waals surface area contributed by atoms with Crippen molar-refractivity contribution in [2.24, 2.45) is 5.73 Å². The molecule has 1 aliphatic heterocycles. The molecule has 0 fully saturated rings. The average Bonchev–Trinajstić information content (AvgIpc) is 3.21. The van der Waals surface area contributed by atoms with Gasteiger partial charge in [0.05, 0.1) is 22.1 Å². The average molecular weight is 409 g/mol. The van der Waals surface area contributed by atoms with Gasteiger partial charge in [-0.15, -0.1) is 5.10 Å². The van der Waals surface area contributed by atoms with E-state index in [1.165, 1.54) is 12.1 Å². The molecule has 3 aromatic carbocycles. The number of nitro benzene ring substituents is 1. The molecule has 5 rings (SSSR count). The summed E-state index contributed by atoms with van der Waals surface area (Å²) < 4.78 is 5.62. The number of nitro groups is 1. The van der Waals surface area contributed by atoms with Gasteiger partial charge in [0.15, 0.2) is 0 Å². The second-order valence-corrected chi connectivity index (χ2v) is 7.15. The summed E-state index contributed by atoms with van der Waals surface area (Å²) in [5.41, 5.74) is 9.11. The van der Waals surface area contributed by atoms with Crippen LogP contribution < -0.4 is 10.5 Å². The number of nitrogens with one attached hydrogen (secondary N) is 1. The molecule has 0 saturated carbocycles. The monoisotopic (exact) mass is 409 g/mol. The normalized spacial score (nSPS) is 15.3. The Labute approximate surface area is 176 Å². The summed E-state index contributed by atoms with van der Waals surface area (Å²) in [7, 11) is 0. The summed E-state index contributed by atoms with van der Waals surface area (Å²) in [6, 6.07) is 22.2. The zero-order chi connectivity index (χ0) is 21.5. The molecule has 0 spiro atoms. The van der Waals surface area contributed by atoms with Gasteiger partial charge in [0.1, 0.15) is 11.6 Å². The van der Waals surface area contributed by atoms with Crippen molar-refractivity contribution in [3.63, 3.8) is 0 Å². The number of aromatic amines is 1. The number of non-ortho nitro benzene ring substituents is 1. The predicted molar refractivity (Wildman–Crippen MR) is 114 cm³/mol. The van der Waals surface area contributed by atoms with E-state index in [-0.39, 0.29) is 23.0 Å². The number of hydrogen-bond donors (Lipinski definition) is 2. The van der Waals surface area contributed by atoms with E-state index in [1.54, 1.807) is 12.1 Å². The van der Waals surface area contributed by atoms with Crippen molar-refractivity contribution in [2.45, 2.75) is 5.92 Å². The molecular formula is C23H15N5O3. The fraction of sp³-hybridized carbons (Fsp3) is 0.0435. The number of nitriles is 1. The van der Waals surface area contributed by atoms with Crippen LogP contribution in [0.2, 0.25) is 0 Å². The van der Waals surface area contributed by atoms with Gasteiger partial charge < -0.3 is 10.5 Å². The van der Waals surface area contributed by atoms with Crippen molar-refractivity contribution in [1.29, 1.82) is 5.26 Å². The fourth-order valence-electron chi connectivity index (χ4n) is 3.93. The first-order valence-corrected chi connectivity index (χ1v) is 9.46. The quantitative estimate of drug-likeness (QED) is 0.382. The number of rotatable bonds is 3. The smallest absolute Gasteiger partial charge is 0.269 e. The van der Waals surface area contributed by atoms with Crippen LogP contribution >= 0.6 is 0 Å². The first kappa shape index (κ1) is 18.4. The van der Waals surface area contributed by atoms with Crippen LogP contribution in [0.3, 0.4) is 0 Å². The third-order valence-corrected chi connectivity index (χ3v) is 5.41. The van der Waals surface area contributed by atoms with Gasteiger partial charge in [-0.3, -0.25) is 15.2 Å². The van der Waals surface area contributed by atoms with E-state index in [1.807, 2.05) is 42.5 Å². The van der Waals surface area contributed by atoms with Crippen LogP contribution in [0, 0.1) is 21.4 Å². The van der Waals surface area contributed by atoms with Gasteiger partial charge in [0.2, 0.25) is 11.8 Å². The molecule has 2 heterocycles. The molecule has 1 atom stereocenters. The molecule has 8 nitrogen and oxygen atoms in total. The zero-order valence-electron chi connectivity index (χ0n) is 16.1. The number of ether oxygens (including phenoxy) is 1. The molecule has 0 saturated heterocycles. The summed E-state index contributed by atoms with van der Waals surface area (Å²) >= 11 is 0. The Morgan fingerprint density at radius 2 is 1.84 bits per heavy atom. The summed E-state index contributed by atoms with van der Waals surface area (Å²) in [6.07, 6.45) is 0. The third-order valence-electron chi connectivity index (χ3n) is 5.41. The summed E-state index contributed by atoms with van der Waals surface area (Å²) in [5, 5.41) is 30.3. The maximum absolute atomic E-state index is 11.1. The van der Waals surface area contributed by atoms with Crippen molar-refractivity contribution < 1.29 is 9.66 Å². The minimum Gasteiger partial charge on any atom is -0.420 e. The van der Waals surface area contributed by atoms with Gasteiger partial charge in [-0.2, -0.15) is 5.26 Å². The van der Waals surface area contributed by atoms with Crippen LogP contribution in [0.4, 0.5) is 5.69 Å². The molecule has 0 amide bonds. The Hall–Kier alpha value is -4.64. The molecule has 1 aliphatic rings. The molecule has 150 valence electrons. The van der Waals surface area contributed by atoms with Gasteiger partial charge >= 0.3 is 0 Å². The molecular weight excluding hydrogens is 394 g/mol. The first-order valence-electron chi connectivity index (χ1n) is 9.46. The maximum atomic E-state index is 11.1. The van der Waals surface area contributed by atoms with E-state index >= 15 is 0 Å². The van der Waals surface area contributed by atoms with Gasteiger partial charge in [0, 0.05) is 17.7 Å². The van der Waals surface area contributed by atoms with E-state index in [2.05, 4.69) is 16.3 Å². The molecule has 0 aliphatic carbocycles. The number of allylic oxidation sites excluding steroid dienone is 1. The summed E-state index contributed by atoms with van der Waals surface area (Å²) in [5.74, 6) is -0.326. The molecule has 8 heteroatoms. The highest BCUT2D eigenvalue weighted by atomic mass is 16.6. The van der Waals surface area contributed by atoms with Crippen molar-refractivity contribution in [3.8, 4) is 23.2 Å². The molecule has 4 aromatic rings. The van der Waals surface area contributed by atoms with Gasteiger partial charge in [-0.1, -0.05) is 48.5 Å². The Kier molecular flexibility index (Phi) is 4.15. The fourth-order valence-corrected chi connectivity index (χ4v) is 3.93. The zero-order valence-corrected chi connectivity index (χ0v) is 16.1. The molecule has 0 radical (unpaired) electrons. The van der Waals surface area contributed by atoms with Gasteiger partial charge in [-0.25, -0.2) is 0 Å². The van der Waals surface area contributed by atoms with Gasteiger partial charge in [-0.05, 0) is 22.4 Å². The van der Waals surface area contributed by atoms with E-state index < -0.39 is 10.8 Å². The minimum atomic E-state index is -0.574. The van der Waals surface area contributed by atoms with Crippen LogP contribution in [0.1, 0.15) is 17.0 Å².